The van der Waals surface area contributed by atoms with Crippen LogP contribution in [0.25, 0.3) is 0 Å². The number of esters is 2. The van der Waals surface area contributed by atoms with Crippen molar-refractivity contribution < 1.29 is 43.9 Å². The van der Waals surface area contributed by atoms with E-state index in [-0.39, 0.29) is 18.3 Å². The van der Waals surface area contributed by atoms with Crippen molar-refractivity contribution in [2.24, 2.45) is 29.6 Å². The molecule has 2 heterocycles. The van der Waals surface area contributed by atoms with Crippen LogP contribution >= 0.6 is 0 Å². The second-order valence-corrected chi connectivity index (χ2v) is 11.8. The molecule has 2 saturated carbocycles. The van der Waals surface area contributed by atoms with E-state index in [1.165, 1.54) is 7.11 Å². The molecule has 4 bridgehead atoms. The van der Waals surface area contributed by atoms with Crippen molar-refractivity contribution in [3.8, 4) is 0 Å². The second-order valence-electron chi connectivity index (χ2n) is 11.8. The maximum Gasteiger partial charge on any atom is 0.335 e. The summed E-state index contributed by atoms with van der Waals surface area (Å²) in [5, 5.41) is 33.6. The van der Waals surface area contributed by atoms with Crippen LogP contribution in [0.5, 0.6) is 0 Å². The molecule has 0 aromatic carbocycles. The first-order valence-electron chi connectivity index (χ1n) is 13.7. The van der Waals surface area contributed by atoms with Gasteiger partial charge in [-0.3, -0.25) is 0 Å². The van der Waals surface area contributed by atoms with E-state index < -0.39 is 78.0 Å². The molecule has 3 fully saturated rings. The Kier molecular flexibility index (Phi) is 7.37. The normalized spacial score (nSPS) is 48.3. The molecule has 0 unspecified atom stereocenters. The lowest BCUT2D eigenvalue weighted by atomic mass is 9.54. The Morgan fingerprint density at radius 1 is 1.24 bits per heavy atom. The lowest BCUT2D eigenvalue weighted by Gasteiger charge is -2.52. The van der Waals surface area contributed by atoms with Crippen LogP contribution in [0.4, 0.5) is 0 Å². The number of cyclic esters (lactones) is 1. The average molecular weight is 533 g/mol. The lowest BCUT2D eigenvalue weighted by molar-refractivity contribution is -0.174. The minimum Gasteiger partial charge on any atom is -0.457 e. The van der Waals surface area contributed by atoms with Gasteiger partial charge < -0.3 is 34.3 Å². The highest BCUT2D eigenvalue weighted by molar-refractivity contribution is 5.90. The van der Waals surface area contributed by atoms with Crippen molar-refractivity contribution in [1.82, 2.24) is 0 Å². The number of carbonyl (C=O) groups excluding carboxylic acids is 2. The van der Waals surface area contributed by atoms with Gasteiger partial charge in [0.2, 0.25) is 0 Å². The predicted molar refractivity (Wildman–Crippen MR) is 135 cm³/mol. The number of ether oxygens (including phenoxy) is 4. The third kappa shape index (κ3) is 4.18. The third-order valence-corrected chi connectivity index (χ3v) is 9.64. The first-order valence-corrected chi connectivity index (χ1v) is 13.7. The van der Waals surface area contributed by atoms with Crippen LogP contribution in [0.15, 0.2) is 35.5 Å². The van der Waals surface area contributed by atoms with Crippen molar-refractivity contribution in [1.29, 1.82) is 0 Å². The monoisotopic (exact) mass is 532 g/mol. The molecule has 2 aliphatic heterocycles. The molecule has 1 spiro atoms. The van der Waals surface area contributed by atoms with Crippen molar-refractivity contribution in [2.75, 3.05) is 7.11 Å². The van der Waals surface area contributed by atoms with Crippen molar-refractivity contribution >= 4 is 11.9 Å². The molecule has 13 atom stereocenters. The molecule has 9 nitrogen and oxygen atoms in total. The quantitative estimate of drug-likeness (QED) is 0.367. The van der Waals surface area contributed by atoms with Crippen molar-refractivity contribution in [2.45, 2.75) is 95.3 Å². The Morgan fingerprint density at radius 3 is 2.61 bits per heavy atom. The number of allylic oxidation sites excluding steroid dienone is 3. The van der Waals surface area contributed by atoms with E-state index in [1.807, 2.05) is 39.0 Å². The molecule has 1 saturated heterocycles. The fourth-order valence-electron chi connectivity index (χ4n) is 7.85. The van der Waals surface area contributed by atoms with Crippen LogP contribution in [0, 0.1) is 29.6 Å². The van der Waals surface area contributed by atoms with Crippen LogP contribution in [-0.2, 0) is 28.5 Å². The van der Waals surface area contributed by atoms with Gasteiger partial charge in [-0.15, -0.1) is 0 Å². The Morgan fingerprint density at radius 2 is 1.97 bits per heavy atom. The van der Waals surface area contributed by atoms with Crippen LogP contribution < -0.4 is 0 Å². The third-order valence-electron chi connectivity index (χ3n) is 9.64. The Bertz CT molecular complexity index is 1050. The molecule has 5 rings (SSSR count). The first-order chi connectivity index (χ1) is 18.0. The number of carbonyl (C=O) groups is 2. The Hall–Kier alpha value is -2.04. The zero-order valence-corrected chi connectivity index (χ0v) is 22.7. The molecular weight excluding hydrogens is 492 g/mol. The summed E-state index contributed by atoms with van der Waals surface area (Å²) in [4.78, 5) is 26.1. The summed E-state index contributed by atoms with van der Waals surface area (Å²) in [5.74, 6) is -3.10. The average Bonchev–Trinajstić information content (AvgIpc) is 3.49. The number of hydrogen-bond acceptors (Lipinski definition) is 9. The van der Waals surface area contributed by atoms with Gasteiger partial charge in [0.05, 0.1) is 23.9 Å². The number of hydrogen-bond donors (Lipinski definition) is 3. The van der Waals surface area contributed by atoms with E-state index >= 15 is 0 Å². The minimum atomic E-state index is -1.01. The Balaban J connectivity index is 1.58. The highest BCUT2D eigenvalue weighted by Gasteiger charge is 2.72. The summed E-state index contributed by atoms with van der Waals surface area (Å²) in [6.45, 7) is 7.24. The van der Waals surface area contributed by atoms with E-state index in [1.54, 1.807) is 13.0 Å². The van der Waals surface area contributed by atoms with Gasteiger partial charge in [0.15, 0.2) is 6.10 Å². The maximum absolute atomic E-state index is 13.1. The van der Waals surface area contributed by atoms with Crippen molar-refractivity contribution in [3.05, 3.63) is 35.5 Å². The van der Waals surface area contributed by atoms with Gasteiger partial charge in [-0.25, -0.2) is 9.59 Å². The van der Waals surface area contributed by atoms with E-state index in [4.69, 9.17) is 18.9 Å². The van der Waals surface area contributed by atoms with Crippen LogP contribution in [0.3, 0.4) is 0 Å². The molecule has 0 amide bonds. The van der Waals surface area contributed by atoms with Gasteiger partial charge in [-0.05, 0) is 44.6 Å². The SMILES string of the molecule is CO[C@H]1C[C@H]2C[C@@H](O)[C@H]3[C@H]4O[C@]2(/C(C)=C/[C@@H](C)[C@@H]([C@@H](C)O)OC1=O)[C@@H]3[C@H](O)[C@@H](C)[C@H]4OC(=O)C1=CC=CC1. The van der Waals surface area contributed by atoms with Crippen LogP contribution in [-0.4, -0.2) is 82.7 Å². The summed E-state index contributed by atoms with van der Waals surface area (Å²) in [7, 11) is 1.43. The molecule has 0 aromatic heterocycles. The zero-order chi connectivity index (χ0) is 27.5. The highest BCUT2D eigenvalue weighted by Crippen LogP contribution is 2.63. The molecule has 3 aliphatic carbocycles. The smallest absolute Gasteiger partial charge is 0.335 e. The zero-order valence-electron chi connectivity index (χ0n) is 22.7. The largest absolute Gasteiger partial charge is 0.457 e. The minimum absolute atomic E-state index is 0.207. The Labute approximate surface area is 223 Å². The summed E-state index contributed by atoms with van der Waals surface area (Å²) in [6.07, 6.45) is 2.64. The van der Waals surface area contributed by atoms with Gasteiger partial charge in [0.25, 0.3) is 0 Å². The van der Waals surface area contributed by atoms with Gasteiger partial charge in [-0.2, -0.15) is 0 Å². The second kappa shape index (κ2) is 10.2. The van der Waals surface area contributed by atoms with Crippen LogP contribution in [0.2, 0.25) is 0 Å². The molecule has 3 N–H and O–H groups in total. The molecule has 9 heteroatoms. The molecule has 210 valence electrons. The van der Waals surface area contributed by atoms with Gasteiger partial charge in [-0.1, -0.05) is 38.2 Å². The van der Waals surface area contributed by atoms with Gasteiger partial charge in [0.1, 0.15) is 18.3 Å². The summed E-state index contributed by atoms with van der Waals surface area (Å²) in [6, 6.07) is 0. The topological polar surface area (TPSA) is 132 Å². The first kappa shape index (κ1) is 27.5. The fraction of sp³-hybridized carbons (Fsp3) is 0.724. The predicted octanol–water partition coefficient (Wildman–Crippen LogP) is 1.84. The standard InChI is InChI=1S/C29H40O9/c1-13-10-14(2)29-18(12-20(35-5)28(34)36-24(13)16(4)30)11-19(31)21-22(29)23(32)15(3)25(26(21)38-29)37-27(33)17-8-6-7-9-17/h6-8,10,13,15-16,18-26,30-32H,9,11-12H2,1-5H3/b14-10+/t13-,15-,16-,18-,19-,20+,21-,22+,23-,24+,25-,26-,29+/m1/s1. The van der Waals surface area contributed by atoms with Crippen molar-refractivity contribution in [3.63, 3.8) is 0 Å². The molecule has 0 aromatic rings. The van der Waals surface area contributed by atoms with Gasteiger partial charge >= 0.3 is 11.9 Å². The molecule has 38 heavy (non-hydrogen) atoms. The number of aliphatic hydroxyl groups excluding tert-OH is 3. The lowest BCUT2D eigenvalue weighted by Crippen LogP contribution is -2.62. The summed E-state index contributed by atoms with van der Waals surface area (Å²) < 4.78 is 24.2. The summed E-state index contributed by atoms with van der Waals surface area (Å²) >= 11 is 0. The summed E-state index contributed by atoms with van der Waals surface area (Å²) in [5.41, 5.74) is 0.378. The molecular formula is C29H40O9. The van der Waals surface area contributed by atoms with E-state index in [0.29, 0.717) is 18.4 Å². The maximum atomic E-state index is 13.1. The highest BCUT2D eigenvalue weighted by atomic mass is 16.6. The van der Waals surface area contributed by atoms with E-state index in [9.17, 15) is 24.9 Å². The molecule has 5 aliphatic rings. The number of methoxy groups -OCH3 is 1. The number of rotatable bonds is 4. The van der Waals surface area contributed by atoms with E-state index in [2.05, 4.69) is 0 Å². The van der Waals surface area contributed by atoms with Gasteiger partial charge in [0, 0.05) is 36.4 Å². The molecule has 0 radical (unpaired) electrons. The van der Waals surface area contributed by atoms with Crippen LogP contribution in [0.1, 0.15) is 47.0 Å². The number of aliphatic hydroxyl groups is 3. The van der Waals surface area contributed by atoms with E-state index in [0.717, 1.165) is 5.57 Å². The fourth-order valence-corrected chi connectivity index (χ4v) is 7.85.